The maximum absolute atomic E-state index is 10.7. The monoisotopic (exact) mass is 196 g/mol. The van der Waals surface area contributed by atoms with Crippen molar-refractivity contribution in [2.75, 3.05) is 0 Å². The van der Waals surface area contributed by atoms with E-state index in [2.05, 4.69) is 4.74 Å². The molecule has 0 heterocycles. The third-order valence-corrected chi connectivity index (χ3v) is 2.28. The number of ether oxygens (including phenoxy) is 1. The van der Waals surface area contributed by atoms with E-state index in [0.717, 1.165) is 0 Å². The molecule has 1 unspecified atom stereocenters. The topological polar surface area (TPSA) is 83.8 Å². The predicted molar refractivity (Wildman–Crippen MR) is 42.5 cm³/mol. The number of hydrogen-bond acceptors (Lipinski definition) is 3. The van der Waals surface area contributed by atoms with Gasteiger partial charge in [0.25, 0.3) is 0 Å². The largest absolute Gasteiger partial charge is 0.450 e. The summed E-state index contributed by atoms with van der Waals surface area (Å²) in [6.45, 7) is 2.96. The summed E-state index contributed by atoms with van der Waals surface area (Å²) in [6.07, 6.45) is 0.789. The summed E-state index contributed by atoms with van der Waals surface area (Å²) in [6, 6.07) is 0. The fourth-order valence-electron chi connectivity index (χ4n) is 0.522. The normalized spacial score (nSPS) is 14.0. The standard InChI is InChI=1S/C6H13O5P/c1-3-4-6(7)11-5(2)12(8,9)10/h5H,3-4H2,1-2H3,(H2,8,9,10). The number of carbonyl (C=O) groups is 1. The number of hydrogen-bond donors (Lipinski definition) is 2. The van der Waals surface area contributed by atoms with Crippen molar-refractivity contribution >= 4 is 13.6 Å². The number of rotatable bonds is 4. The average molecular weight is 196 g/mol. The molecule has 0 saturated carbocycles. The molecule has 0 saturated heterocycles. The zero-order valence-electron chi connectivity index (χ0n) is 7.06. The minimum Gasteiger partial charge on any atom is -0.450 e. The average Bonchev–Trinajstić information content (AvgIpc) is 1.85. The molecule has 0 bridgehead atoms. The van der Waals surface area contributed by atoms with E-state index in [-0.39, 0.29) is 6.42 Å². The Hall–Kier alpha value is -0.380. The highest BCUT2D eigenvalue weighted by atomic mass is 31.2. The fraction of sp³-hybridized carbons (Fsp3) is 0.833. The highest BCUT2D eigenvalue weighted by Crippen LogP contribution is 2.41. The van der Waals surface area contributed by atoms with Gasteiger partial charge in [0.05, 0.1) is 0 Å². The van der Waals surface area contributed by atoms with E-state index >= 15 is 0 Å². The summed E-state index contributed by atoms with van der Waals surface area (Å²) < 4.78 is 14.9. The number of carbonyl (C=O) groups excluding carboxylic acids is 1. The zero-order chi connectivity index (χ0) is 9.78. The van der Waals surface area contributed by atoms with Crippen molar-refractivity contribution in [1.82, 2.24) is 0 Å². The van der Waals surface area contributed by atoms with Crippen LogP contribution in [0, 0.1) is 0 Å². The van der Waals surface area contributed by atoms with E-state index in [1.807, 2.05) is 0 Å². The van der Waals surface area contributed by atoms with Crippen molar-refractivity contribution in [3.05, 3.63) is 0 Å². The van der Waals surface area contributed by atoms with E-state index in [9.17, 15) is 9.36 Å². The Bertz CT molecular complexity index is 196. The maximum Gasteiger partial charge on any atom is 0.365 e. The van der Waals surface area contributed by atoms with Gasteiger partial charge < -0.3 is 14.5 Å². The second-order valence-corrected chi connectivity index (χ2v) is 4.33. The van der Waals surface area contributed by atoms with Crippen LogP contribution in [0.5, 0.6) is 0 Å². The van der Waals surface area contributed by atoms with Gasteiger partial charge in [-0.1, -0.05) is 6.92 Å². The molecule has 1 atom stereocenters. The van der Waals surface area contributed by atoms with E-state index in [4.69, 9.17) is 9.79 Å². The van der Waals surface area contributed by atoms with Gasteiger partial charge in [0.15, 0.2) is 5.85 Å². The maximum atomic E-state index is 10.7. The molecule has 0 aliphatic heterocycles. The lowest BCUT2D eigenvalue weighted by Gasteiger charge is -2.13. The Labute approximate surface area is 70.9 Å². The molecule has 0 radical (unpaired) electrons. The van der Waals surface area contributed by atoms with Crippen molar-refractivity contribution < 1.29 is 23.9 Å². The Morgan fingerprint density at radius 1 is 1.58 bits per heavy atom. The summed E-state index contributed by atoms with van der Waals surface area (Å²) in [5.74, 6) is -1.91. The summed E-state index contributed by atoms with van der Waals surface area (Å²) >= 11 is 0. The first-order valence-corrected chi connectivity index (χ1v) is 5.30. The van der Waals surface area contributed by atoms with E-state index in [1.165, 1.54) is 6.92 Å². The zero-order valence-corrected chi connectivity index (χ0v) is 7.95. The minimum atomic E-state index is -4.28. The first-order chi connectivity index (χ1) is 5.38. The molecule has 0 rings (SSSR count). The molecule has 0 aliphatic carbocycles. The van der Waals surface area contributed by atoms with Crippen LogP contribution >= 0.6 is 7.60 Å². The van der Waals surface area contributed by atoms with Crippen molar-refractivity contribution in [2.24, 2.45) is 0 Å². The van der Waals surface area contributed by atoms with Crippen molar-refractivity contribution in [3.63, 3.8) is 0 Å². The molecule has 0 aliphatic rings. The second kappa shape index (κ2) is 4.60. The molecule has 0 spiro atoms. The lowest BCUT2D eigenvalue weighted by Crippen LogP contribution is -2.14. The van der Waals surface area contributed by atoms with Gasteiger partial charge in [-0.3, -0.25) is 9.36 Å². The third-order valence-electron chi connectivity index (χ3n) is 1.23. The van der Waals surface area contributed by atoms with Crippen LogP contribution in [-0.4, -0.2) is 21.6 Å². The first kappa shape index (κ1) is 11.6. The fourth-order valence-corrected chi connectivity index (χ4v) is 0.777. The molecular weight excluding hydrogens is 183 g/mol. The Balaban J connectivity index is 3.93. The van der Waals surface area contributed by atoms with Gasteiger partial charge in [0, 0.05) is 6.42 Å². The Morgan fingerprint density at radius 3 is 2.42 bits per heavy atom. The molecule has 0 amide bonds. The lowest BCUT2D eigenvalue weighted by molar-refractivity contribution is -0.145. The van der Waals surface area contributed by atoms with Crippen LogP contribution in [0.15, 0.2) is 0 Å². The van der Waals surface area contributed by atoms with Gasteiger partial charge >= 0.3 is 13.6 Å². The van der Waals surface area contributed by atoms with E-state index < -0.39 is 19.4 Å². The van der Waals surface area contributed by atoms with Crippen molar-refractivity contribution in [2.45, 2.75) is 32.5 Å². The van der Waals surface area contributed by atoms with Gasteiger partial charge in [0.2, 0.25) is 0 Å². The van der Waals surface area contributed by atoms with Crippen LogP contribution in [0.3, 0.4) is 0 Å². The SMILES string of the molecule is CCCC(=O)OC(C)P(=O)(O)O. The summed E-state index contributed by atoms with van der Waals surface area (Å²) in [5, 5.41) is 0. The molecule has 5 nitrogen and oxygen atoms in total. The van der Waals surface area contributed by atoms with Crippen LogP contribution in [0.1, 0.15) is 26.7 Å². The van der Waals surface area contributed by atoms with E-state index in [1.54, 1.807) is 6.92 Å². The Morgan fingerprint density at radius 2 is 2.08 bits per heavy atom. The molecule has 2 N–H and O–H groups in total. The summed E-state index contributed by atoms with van der Waals surface area (Å²) in [4.78, 5) is 27.8. The van der Waals surface area contributed by atoms with Crippen LogP contribution in [0.25, 0.3) is 0 Å². The molecule has 0 aromatic heterocycles. The molecule has 0 fully saturated rings. The Kier molecular flexibility index (Phi) is 4.45. The van der Waals surface area contributed by atoms with Crippen LogP contribution in [-0.2, 0) is 14.1 Å². The van der Waals surface area contributed by atoms with Crippen LogP contribution in [0.2, 0.25) is 0 Å². The van der Waals surface area contributed by atoms with Crippen LogP contribution in [0.4, 0.5) is 0 Å². The molecule has 0 aromatic rings. The molecule has 72 valence electrons. The van der Waals surface area contributed by atoms with Crippen LogP contribution < -0.4 is 0 Å². The van der Waals surface area contributed by atoms with Gasteiger partial charge in [-0.2, -0.15) is 0 Å². The summed E-state index contributed by atoms with van der Waals surface area (Å²) in [7, 11) is -4.28. The number of esters is 1. The highest BCUT2D eigenvalue weighted by molar-refractivity contribution is 7.52. The minimum absolute atomic E-state index is 0.185. The molecule has 6 heteroatoms. The second-order valence-electron chi connectivity index (χ2n) is 2.43. The highest BCUT2D eigenvalue weighted by Gasteiger charge is 2.27. The summed E-state index contributed by atoms with van der Waals surface area (Å²) in [5.41, 5.74) is 0. The molecular formula is C6H13O5P. The van der Waals surface area contributed by atoms with Gasteiger partial charge in [0.1, 0.15) is 0 Å². The lowest BCUT2D eigenvalue weighted by atomic mass is 10.3. The predicted octanol–water partition coefficient (Wildman–Crippen LogP) is 0.853. The van der Waals surface area contributed by atoms with Crippen molar-refractivity contribution in [3.8, 4) is 0 Å². The quantitative estimate of drug-likeness (QED) is 0.514. The van der Waals surface area contributed by atoms with Gasteiger partial charge in [-0.25, -0.2) is 0 Å². The van der Waals surface area contributed by atoms with Gasteiger partial charge in [-0.15, -0.1) is 0 Å². The first-order valence-electron chi connectivity index (χ1n) is 3.62. The van der Waals surface area contributed by atoms with Crippen molar-refractivity contribution in [1.29, 1.82) is 0 Å². The van der Waals surface area contributed by atoms with E-state index in [0.29, 0.717) is 6.42 Å². The molecule has 12 heavy (non-hydrogen) atoms. The smallest absolute Gasteiger partial charge is 0.365 e. The van der Waals surface area contributed by atoms with Gasteiger partial charge in [-0.05, 0) is 13.3 Å². The third kappa shape index (κ3) is 4.49. The molecule has 0 aromatic carbocycles.